The molecular formula is C10H15N3O. The summed E-state index contributed by atoms with van der Waals surface area (Å²) >= 11 is 0. The fourth-order valence-corrected chi connectivity index (χ4v) is 1.41. The Balaban J connectivity index is 1.60. The van der Waals surface area contributed by atoms with E-state index in [-0.39, 0.29) is 5.91 Å². The average Bonchev–Trinajstić information content (AvgIpc) is 2.82. The lowest BCUT2D eigenvalue weighted by atomic mass is 10.2. The van der Waals surface area contributed by atoms with E-state index in [2.05, 4.69) is 15.3 Å². The molecule has 1 saturated carbocycles. The molecule has 1 amide bonds. The maximum Gasteiger partial charge on any atom is 0.220 e. The van der Waals surface area contributed by atoms with Gasteiger partial charge in [-0.15, -0.1) is 0 Å². The van der Waals surface area contributed by atoms with Crippen molar-refractivity contribution in [2.45, 2.75) is 25.7 Å². The molecule has 0 spiro atoms. The Bertz CT molecular complexity index is 290. The molecule has 4 nitrogen and oxygen atoms in total. The van der Waals surface area contributed by atoms with Crippen LogP contribution in [0.5, 0.6) is 0 Å². The minimum Gasteiger partial charge on any atom is -0.356 e. The number of amides is 1. The van der Waals surface area contributed by atoms with Crippen LogP contribution in [-0.4, -0.2) is 22.4 Å². The summed E-state index contributed by atoms with van der Waals surface area (Å²) in [6.45, 7) is 0.702. The predicted molar refractivity (Wildman–Crippen MR) is 52.6 cm³/mol. The lowest BCUT2D eigenvalue weighted by Gasteiger charge is -2.02. The van der Waals surface area contributed by atoms with Gasteiger partial charge in [0.25, 0.3) is 0 Å². The number of carbonyl (C=O) groups excluding carboxylic acids is 1. The van der Waals surface area contributed by atoms with Gasteiger partial charge in [0.05, 0.1) is 6.33 Å². The quantitative estimate of drug-likeness (QED) is 0.729. The van der Waals surface area contributed by atoms with Crippen LogP contribution >= 0.6 is 0 Å². The molecule has 0 aromatic carbocycles. The number of imidazole rings is 1. The van der Waals surface area contributed by atoms with E-state index in [0.717, 1.165) is 12.1 Å². The van der Waals surface area contributed by atoms with Gasteiger partial charge >= 0.3 is 0 Å². The van der Waals surface area contributed by atoms with E-state index in [0.29, 0.717) is 18.9 Å². The zero-order valence-electron chi connectivity index (χ0n) is 8.12. The summed E-state index contributed by atoms with van der Waals surface area (Å²) in [5.74, 6) is 0.856. The van der Waals surface area contributed by atoms with Crippen molar-refractivity contribution >= 4 is 5.91 Å². The van der Waals surface area contributed by atoms with E-state index >= 15 is 0 Å². The van der Waals surface area contributed by atoms with Gasteiger partial charge in [-0.1, -0.05) is 0 Å². The van der Waals surface area contributed by atoms with Gasteiger partial charge < -0.3 is 10.3 Å². The zero-order chi connectivity index (χ0) is 9.80. The van der Waals surface area contributed by atoms with E-state index in [4.69, 9.17) is 0 Å². The molecule has 1 fully saturated rings. The number of carbonyl (C=O) groups is 1. The van der Waals surface area contributed by atoms with Crippen LogP contribution in [0.3, 0.4) is 0 Å². The fraction of sp³-hybridized carbons (Fsp3) is 0.600. The minimum absolute atomic E-state index is 0.187. The maximum absolute atomic E-state index is 11.3. The van der Waals surface area contributed by atoms with Gasteiger partial charge in [-0.25, -0.2) is 4.98 Å². The number of aromatic amines is 1. The monoisotopic (exact) mass is 193 g/mol. The van der Waals surface area contributed by atoms with Crippen molar-refractivity contribution in [2.24, 2.45) is 5.92 Å². The van der Waals surface area contributed by atoms with Crippen molar-refractivity contribution in [2.75, 3.05) is 6.54 Å². The van der Waals surface area contributed by atoms with E-state index in [1.54, 1.807) is 12.5 Å². The molecule has 1 aliphatic carbocycles. The topological polar surface area (TPSA) is 57.8 Å². The van der Waals surface area contributed by atoms with Crippen LogP contribution in [0.15, 0.2) is 12.5 Å². The second kappa shape index (κ2) is 4.26. The molecular weight excluding hydrogens is 178 g/mol. The standard InChI is InChI=1S/C10H15N3O/c14-10(5-8-1-2-8)12-4-3-9-6-11-7-13-9/h6-8H,1-5H2,(H,11,13)(H,12,14). The van der Waals surface area contributed by atoms with Gasteiger partial charge in [0.15, 0.2) is 0 Å². The highest BCUT2D eigenvalue weighted by atomic mass is 16.1. The van der Waals surface area contributed by atoms with Gasteiger partial charge in [-0.05, 0) is 18.8 Å². The van der Waals surface area contributed by atoms with Crippen molar-refractivity contribution in [3.8, 4) is 0 Å². The third-order valence-corrected chi connectivity index (χ3v) is 2.44. The Kier molecular flexibility index (Phi) is 2.81. The molecule has 0 unspecified atom stereocenters. The highest BCUT2D eigenvalue weighted by Crippen LogP contribution is 2.31. The van der Waals surface area contributed by atoms with Gasteiger partial charge in [0.1, 0.15) is 0 Å². The number of nitrogens with zero attached hydrogens (tertiary/aromatic N) is 1. The summed E-state index contributed by atoms with van der Waals surface area (Å²) in [5.41, 5.74) is 1.07. The van der Waals surface area contributed by atoms with Crippen molar-refractivity contribution < 1.29 is 4.79 Å². The Labute approximate surface area is 83.1 Å². The van der Waals surface area contributed by atoms with Crippen LogP contribution in [0.25, 0.3) is 0 Å². The largest absolute Gasteiger partial charge is 0.356 e. The second-order valence-corrected chi connectivity index (χ2v) is 3.82. The number of H-pyrrole nitrogens is 1. The van der Waals surface area contributed by atoms with Crippen LogP contribution in [-0.2, 0) is 11.2 Å². The van der Waals surface area contributed by atoms with E-state index in [9.17, 15) is 4.79 Å². The Morgan fingerprint density at radius 3 is 3.14 bits per heavy atom. The first kappa shape index (κ1) is 9.24. The predicted octanol–water partition coefficient (Wildman–Crippen LogP) is 0.869. The first-order chi connectivity index (χ1) is 6.84. The summed E-state index contributed by atoms with van der Waals surface area (Å²) in [6.07, 6.45) is 7.44. The molecule has 0 saturated heterocycles. The zero-order valence-corrected chi connectivity index (χ0v) is 8.12. The summed E-state index contributed by atoms with van der Waals surface area (Å²) in [5, 5.41) is 2.91. The van der Waals surface area contributed by atoms with Crippen LogP contribution < -0.4 is 5.32 Å². The molecule has 4 heteroatoms. The third-order valence-electron chi connectivity index (χ3n) is 2.44. The summed E-state index contributed by atoms with van der Waals surface area (Å²) in [7, 11) is 0. The summed E-state index contributed by atoms with van der Waals surface area (Å²) < 4.78 is 0. The van der Waals surface area contributed by atoms with Gasteiger partial charge in [-0.2, -0.15) is 0 Å². The molecule has 1 aromatic heterocycles. The van der Waals surface area contributed by atoms with E-state index < -0.39 is 0 Å². The van der Waals surface area contributed by atoms with Crippen LogP contribution in [0.1, 0.15) is 25.0 Å². The lowest BCUT2D eigenvalue weighted by molar-refractivity contribution is -0.121. The van der Waals surface area contributed by atoms with Gasteiger partial charge in [-0.3, -0.25) is 4.79 Å². The van der Waals surface area contributed by atoms with Crippen LogP contribution in [0.4, 0.5) is 0 Å². The van der Waals surface area contributed by atoms with Crippen molar-refractivity contribution in [1.29, 1.82) is 0 Å². The third kappa shape index (κ3) is 2.87. The van der Waals surface area contributed by atoms with Crippen molar-refractivity contribution in [3.63, 3.8) is 0 Å². The normalized spacial score (nSPS) is 15.4. The number of rotatable bonds is 5. The van der Waals surface area contributed by atoms with E-state index in [1.165, 1.54) is 12.8 Å². The smallest absolute Gasteiger partial charge is 0.220 e. The molecule has 0 aliphatic heterocycles. The lowest BCUT2D eigenvalue weighted by Crippen LogP contribution is -2.25. The van der Waals surface area contributed by atoms with Crippen LogP contribution in [0, 0.1) is 5.92 Å². The maximum atomic E-state index is 11.3. The molecule has 0 atom stereocenters. The molecule has 2 N–H and O–H groups in total. The molecule has 2 rings (SSSR count). The number of aromatic nitrogens is 2. The molecule has 76 valence electrons. The fourth-order valence-electron chi connectivity index (χ4n) is 1.41. The minimum atomic E-state index is 0.187. The van der Waals surface area contributed by atoms with Gasteiger partial charge in [0.2, 0.25) is 5.91 Å². The number of hydrogen-bond donors (Lipinski definition) is 2. The molecule has 1 aromatic rings. The first-order valence-corrected chi connectivity index (χ1v) is 5.08. The highest BCUT2D eigenvalue weighted by molar-refractivity contribution is 5.76. The van der Waals surface area contributed by atoms with Crippen LogP contribution in [0.2, 0.25) is 0 Å². The highest BCUT2D eigenvalue weighted by Gasteiger charge is 2.23. The van der Waals surface area contributed by atoms with E-state index in [1.807, 2.05) is 0 Å². The van der Waals surface area contributed by atoms with Crippen molar-refractivity contribution in [1.82, 2.24) is 15.3 Å². The SMILES string of the molecule is O=C(CC1CC1)NCCc1cnc[nH]1. The number of nitrogens with one attached hydrogen (secondary N) is 2. The first-order valence-electron chi connectivity index (χ1n) is 5.08. The molecule has 14 heavy (non-hydrogen) atoms. The summed E-state index contributed by atoms with van der Waals surface area (Å²) in [6, 6.07) is 0. The second-order valence-electron chi connectivity index (χ2n) is 3.82. The Hall–Kier alpha value is -1.32. The van der Waals surface area contributed by atoms with Crippen molar-refractivity contribution in [3.05, 3.63) is 18.2 Å². The Morgan fingerprint density at radius 2 is 2.50 bits per heavy atom. The molecule has 1 heterocycles. The summed E-state index contributed by atoms with van der Waals surface area (Å²) in [4.78, 5) is 18.2. The van der Waals surface area contributed by atoms with Gasteiger partial charge in [0, 0.05) is 31.3 Å². The Morgan fingerprint density at radius 1 is 1.64 bits per heavy atom. The molecule has 1 aliphatic rings. The number of hydrogen-bond acceptors (Lipinski definition) is 2. The average molecular weight is 193 g/mol. The molecule has 0 radical (unpaired) electrons. The molecule has 0 bridgehead atoms.